The predicted octanol–water partition coefficient (Wildman–Crippen LogP) is 4.02. The highest BCUT2D eigenvalue weighted by atomic mass is 16.5. The number of ether oxygens (including phenoxy) is 1. The Labute approximate surface area is 155 Å². The molecular weight excluding hydrogens is 328 g/mol. The molecule has 26 heavy (non-hydrogen) atoms. The Morgan fingerprint density at radius 3 is 2.69 bits per heavy atom. The van der Waals surface area contributed by atoms with Crippen molar-refractivity contribution in [3.63, 3.8) is 0 Å². The monoisotopic (exact) mass is 358 g/mol. The average Bonchev–Trinajstić information content (AvgIpc) is 2.91. The molecule has 6 unspecified atom stereocenters. The zero-order chi connectivity index (χ0) is 18.7. The first-order chi connectivity index (χ1) is 12.3. The van der Waals surface area contributed by atoms with Gasteiger partial charge in [0.25, 0.3) is 0 Å². The summed E-state index contributed by atoms with van der Waals surface area (Å²) in [6.45, 7) is 6.20. The molecule has 0 aliphatic heterocycles. The van der Waals surface area contributed by atoms with Crippen LogP contribution < -0.4 is 0 Å². The molecule has 0 bridgehead atoms. The summed E-state index contributed by atoms with van der Waals surface area (Å²) in [4.78, 5) is 37.1. The molecule has 4 nitrogen and oxygen atoms in total. The van der Waals surface area contributed by atoms with Crippen molar-refractivity contribution in [1.82, 2.24) is 0 Å². The van der Waals surface area contributed by atoms with Gasteiger partial charge in [-0.25, -0.2) is 0 Å². The summed E-state index contributed by atoms with van der Waals surface area (Å²) >= 11 is 0. The van der Waals surface area contributed by atoms with Gasteiger partial charge >= 0.3 is 5.97 Å². The van der Waals surface area contributed by atoms with Crippen LogP contribution in [0.3, 0.4) is 0 Å². The highest BCUT2D eigenvalue weighted by Gasteiger charge is 2.63. The van der Waals surface area contributed by atoms with Crippen LogP contribution in [0.4, 0.5) is 0 Å². The SMILES string of the molecule is CCC(=O)OC1CCC2C3CCC4=CC(=O)CCC4(C)C3C(=O)CC12C. The van der Waals surface area contributed by atoms with Crippen LogP contribution in [0.5, 0.6) is 0 Å². The number of esters is 1. The fraction of sp³-hybridized carbons (Fsp3) is 0.773. The molecule has 3 saturated carbocycles. The van der Waals surface area contributed by atoms with Crippen molar-refractivity contribution in [2.24, 2.45) is 28.6 Å². The topological polar surface area (TPSA) is 60.4 Å². The van der Waals surface area contributed by atoms with E-state index in [0.717, 1.165) is 32.1 Å². The molecular formula is C22H30O4. The number of hydrogen-bond acceptors (Lipinski definition) is 4. The maximum Gasteiger partial charge on any atom is 0.305 e. The first kappa shape index (κ1) is 17.9. The third-order valence-electron chi connectivity index (χ3n) is 8.12. The maximum atomic E-state index is 13.4. The fourth-order valence-electron chi connectivity index (χ4n) is 6.77. The lowest BCUT2D eigenvalue weighted by Gasteiger charge is -2.56. The molecule has 4 aliphatic rings. The van der Waals surface area contributed by atoms with Gasteiger partial charge in [0.05, 0.1) is 0 Å². The molecule has 0 aromatic rings. The van der Waals surface area contributed by atoms with Crippen LogP contribution in [-0.2, 0) is 19.1 Å². The second-order valence-corrected chi connectivity index (χ2v) is 9.40. The lowest BCUT2D eigenvalue weighted by atomic mass is 9.47. The number of rotatable bonds is 2. The van der Waals surface area contributed by atoms with Crippen molar-refractivity contribution in [2.45, 2.75) is 78.2 Å². The molecule has 6 atom stereocenters. The van der Waals surface area contributed by atoms with Gasteiger partial charge in [-0.3, -0.25) is 14.4 Å². The second kappa shape index (κ2) is 6.03. The summed E-state index contributed by atoms with van der Waals surface area (Å²) in [6, 6.07) is 0. The highest BCUT2D eigenvalue weighted by Crippen LogP contribution is 2.64. The lowest BCUT2D eigenvalue weighted by molar-refractivity contribution is -0.164. The smallest absolute Gasteiger partial charge is 0.305 e. The molecule has 4 rings (SSSR count). The average molecular weight is 358 g/mol. The minimum atomic E-state index is -0.217. The molecule has 0 saturated heterocycles. The van der Waals surface area contributed by atoms with Gasteiger partial charge in [-0.15, -0.1) is 0 Å². The molecule has 0 aromatic carbocycles. The van der Waals surface area contributed by atoms with Crippen LogP contribution in [0, 0.1) is 28.6 Å². The van der Waals surface area contributed by atoms with E-state index in [1.807, 2.05) is 13.0 Å². The van der Waals surface area contributed by atoms with Crippen LogP contribution >= 0.6 is 0 Å². The quantitative estimate of drug-likeness (QED) is 0.700. The van der Waals surface area contributed by atoms with Crippen molar-refractivity contribution >= 4 is 17.5 Å². The van der Waals surface area contributed by atoms with E-state index in [1.54, 1.807) is 0 Å². The second-order valence-electron chi connectivity index (χ2n) is 9.40. The first-order valence-electron chi connectivity index (χ1n) is 10.3. The molecule has 0 N–H and O–H groups in total. The largest absolute Gasteiger partial charge is 0.462 e. The normalized spacial score (nSPS) is 44.7. The van der Waals surface area contributed by atoms with E-state index in [1.165, 1.54) is 5.57 Å². The van der Waals surface area contributed by atoms with E-state index >= 15 is 0 Å². The predicted molar refractivity (Wildman–Crippen MR) is 97.3 cm³/mol. The number of fused-ring (bicyclic) bond motifs is 5. The Kier molecular flexibility index (Phi) is 4.16. The highest BCUT2D eigenvalue weighted by molar-refractivity contribution is 5.93. The fourth-order valence-corrected chi connectivity index (χ4v) is 6.77. The molecule has 0 amide bonds. The molecule has 0 aromatic heterocycles. The number of carbonyl (C=O) groups excluding carboxylic acids is 3. The van der Waals surface area contributed by atoms with Crippen LogP contribution in [0.15, 0.2) is 11.6 Å². The minimum Gasteiger partial charge on any atom is -0.462 e. The van der Waals surface area contributed by atoms with E-state index in [2.05, 4.69) is 13.8 Å². The molecule has 4 aliphatic carbocycles. The Balaban J connectivity index is 1.66. The first-order valence-corrected chi connectivity index (χ1v) is 10.3. The number of ketones is 2. The van der Waals surface area contributed by atoms with Crippen molar-refractivity contribution in [2.75, 3.05) is 0 Å². The summed E-state index contributed by atoms with van der Waals surface area (Å²) in [5.74, 6) is 1.23. The van der Waals surface area contributed by atoms with E-state index in [4.69, 9.17) is 4.74 Å². The van der Waals surface area contributed by atoms with Crippen LogP contribution in [-0.4, -0.2) is 23.6 Å². The van der Waals surface area contributed by atoms with Gasteiger partial charge in [-0.05, 0) is 55.4 Å². The van der Waals surface area contributed by atoms with Gasteiger partial charge in [-0.1, -0.05) is 26.3 Å². The summed E-state index contributed by atoms with van der Waals surface area (Å²) in [7, 11) is 0. The standard InChI is InChI=1S/C22H30O4/c1-4-19(25)26-18-8-7-16-15-6-5-13-11-14(23)9-10-21(13,2)20(15)17(24)12-22(16,18)3/h11,15-16,18,20H,4-10,12H2,1-3H3. The maximum absolute atomic E-state index is 13.4. The van der Waals surface area contributed by atoms with Gasteiger partial charge in [0.2, 0.25) is 0 Å². The summed E-state index contributed by atoms with van der Waals surface area (Å²) < 4.78 is 5.76. The van der Waals surface area contributed by atoms with Gasteiger partial charge in [-0.2, -0.15) is 0 Å². The molecule has 4 heteroatoms. The zero-order valence-corrected chi connectivity index (χ0v) is 16.2. The van der Waals surface area contributed by atoms with Crippen molar-refractivity contribution in [3.8, 4) is 0 Å². The van der Waals surface area contributed by atoms with Crippen molar-refractivity contribution in [1.29, 1.82) is 0 Å². The number of carbonyl (C=O) groups is 3. The van der Waals surface area contributed by atoms with Crippen LogP contribution in [0.25, 0.3) is 0 Å². The molecule has 142 valence electrons. The Morgan fingerprint density at radius 1 is 1.19 bits per heavy atom. The molecule has 0 spiro atoms. The zero-order valence-electron chi connectivity index (χ0n) is 16.2. The lowest BCUT2D eigenvalue weighted by Crippen LogP contribution is -2.55. The van der Waals surface area contributed by atoms with Gasteiger partial charge in [0.15, 0.2) is 5.78 Å². The summed E-state index contributed by atoms with van der Waals surface area (Å²) in [5.41, 5.74) is 0.845. The Hall–Kier alpha value is -1.45. The number of Topliss-reactive ketones (excluding diaryl/α,β-unsaturated/α-hetero) is 1. The van der Waals surface area contributed by atoms with Gasteiger partial charge < -0.3 is 4.74 Å². The van der Waals surface area contributed by atoms with Crippen LogP contribution in [0.1, 0.15) is 72.1 Å². The van der Waals surface area contributed by atoms with E-state index < -0.39 is 0 Å². The van der Waals surface area contributed by atoms with Crippen molar-refractivity contribution < 1.29 is 19.1 Å². The number of allylic oxidation sites excluding steroid dienone is 1. The van der Waals surface area contributed by atoms with Crippen LogP contribution in [0.2, 0.25) is 0 Å². The summed E-state index contributed by atoms with van der Waals surface area (Å²) in [6.07, 6.45) is 7.82. The number of hydrogen-bond donors (Lipinski definition) is 0. The van der Waals surface area contributed by atoms with Gasteiger partial charge in [0, 0.05) is 30.6 Å². The van der Waals surface area contributed by atoms with E-state index in [0.29, 0.717) is 36.9 Å². The third-order valence-corrected chi connectivity index (χ3v) is 8.12. The van der Waals surface area contributed by atoms with E-state index in [-0.39, 0.29) is 34.6 Å². The van der Waals surface area contributed by atoms with Gasteiger partial charge in [0.1, 0.15) is 11.9 Å². The Bertz CT molecular complexity index is 692. The molecule has 3 fully saturated rings. The van der Waals surface area contributed by atoms with E-state index in [9.17, 15) is 14.4 Å². The Morgan fingerprint density at radius 2 is 1.96 bits per heavy atom. The molecule has 0 radical (unpaired) electrons. The third kappa shape index (κ3) is 2.44. The minimum absolute atomic E-state index is 0.0364. The summed E-state index contributed by atoms with van der Waals surface area (Å²) in [5, 5.41) is 0. The molecule has 0 heterocycles. The van der Waals surface area contributed by atoms with Crippen molar-refractivity contribution in [3.05, 3.63) is 11.6 Å².